The fourth-order valence-electron chi connectivity index (χ4n) is 3.32. The van der Waals surface area contributed by atoms with Crippen molar-refractivity contribution in [1.82, 2.24) is 14.4 Å². The number of pyridine rings is 1. The molecular weight excluding hydrogens is 420 g/mol. The van der Waals surface area contributed by atoms with Crippen molar-refractivity contribution in [3.63, 3.8) is 0 Å². The lowest BCUT2D eigenvalue weighted by Crippen LogP contribution is -2.12. The number of rotatable bonds is 6. The van der Waals surface area contributed by atoms with Crippen molar-refractivity contribution >= 4 is 27.9 Å². The highest BCUT2D eigenvalue weighted by Gasteiger charge is 2.11. The number of hydrogen-bond donors (Lipinski definition) is 1. The van der Waals surface area contributed by atoms with Gasteiger partial charge in [-0.3, -0.25) is 14.2 Å². The van der Waals surface area contributed by atoms with Gasteiger partial charge in [0.05, 0.1) is 11.4 Å². The Balaban J connectivity index is 1.28. The zero-order valence-corrected chi connectivity index (χ0v) is 18.2. The second-order valence-corrected chi connectivity index (χ2v) is 8.21. The lowest BCUT2D eigenvalue weighted by molar-refractivity contribution is 0.102. The van der Waals surface area contributed by atoms with Gasteiger partial charge in [0.15, 0.2) is 4.96 Å². The molecule has 0 aliphatic heterocycles. The lowest BCUT2D eigenvalue weighted by atomic mass is 10.1. The summed E-state index contributed by atoms with van der Waals surface area (Å²) in [5.74, 6) is 0.512. The predicted octanol–water partition coefficient (Wildman–Crippen LogP) is 5.60. The van der Waals surface area contributed by atoms with Gasteiger partial charge in [-0.1, -0.05) is 18.2 Å². The molecular formula is C25H20N4O2S. The average Bonchev–Trinajstić information content (AvgIpc) is 3.43. The number of benzene rings is 2. The first kappa shape index (κ1) is 20.0. The van der Waals surface area contributed by atoms with Crippen LogP contribution in [0.15, 0.2) is 84.6 Å². The van der Waals surface area contributed by atoms with Crippen LogP contribution in [0, 0.1) is 6.92 Å². The topological polar surface area (TPSA) is 68.5 Å². The molecule has 0 atom stereocenters. The van der Waals surface area contributed by atoms with Gasteiger partial charge in [0.1, 0.15) is 12.4 Å². The smallest absolute Gasteiger partial charge is 0.255 e. The molecule has 5 rings (SSSR count). The van der Waals surface area contributed by atoms with Crippen molar-refractivity contribution in [2.45, 2.75) is 13.5 Å². The Hall–Kier alpha value is -3.97. The van der Waals surface area contributed by atoms with E-state index in [-0.39, 0.29) is 5.91 Å². The van der Waals surface area contributed by atoms with Gasteiger partial charge in [0, 0.05) is 40.8 Å². The number of nitrogens with one attached hydrogen (secondary N) is 1. The summed E-state index contributed by atoms with van der Waals surface area (Å²) in [6.45, 7) is 2.35. The van der Waals surface area contributed by atoms with Crippen LogP contribution >= 0.6 is 11.3 Å². The number of anilines is 1. The van der Waals surface area contributed by atoms with Crippen molar-refractivity contribution in [2.75, 3.05) is 5.32 Å². The van der Waals surface area contributed by atoms with Crippen LogP contribution in [-0.4, -0.2) is 20.3 Å². The fourth-order valence-corrected chi connectivity index (χ4v) is 4.02. The Morgan fingerprint density at radius 2 is 2.00 bits per heavy atom. The number of thiazole rings is 1. The highest BCUT2D eigenvalue weighted by molar-refractivity contribution is 7.15. The van der Waals surface area contributed by atoms with Gasteiger partial charge in [-0.2, -0.15) is 0 Å². The molecule has 0 saturated carbocycles. The zero-order chi connectivity index (χ0) is 21.9. The fraction of sp³-hybridized carbons (Fsp3) is 0.0800. The van der Waals surface area contributed by atoms with Gasteiger partial charge in [-0.05, 0) is 55.0 Å². The quantitative estimate of drug-likeness (QED) is 0.373. The van der Waals surface area contributed by atoms with E-state index in [4.69, 9.17) is 4.74 Å². The second-order valence-electron chi connectivity index (χ2n) is 7.34. The Morgan fingerprint density at radius 3 is 2.78 bits per heavy atom. The molecule has 3 aromatic heterocycles. The predicted molar refractivity (Wildman–Crippen MR) is 126 cm³/mol. The van der Waals surface area contributed by atoms with Gasteiger partial charge < -0.3 is 10.1 Å². The lowest BCUT2D eigenvalue weighted by Gasteiger charge is -2.11. The number of amides is 1. The van der Waals surface area contributed by atoms with E-state index in [0.29, 0.717) is 17.9 Å². The summed E-state index contributed by atoms with van der Waals surface area (Å²) in [6, 6.07) is 18.8. The Morgan fingerprint density at radius 1 is 1.12 bits per heavy atom. The standard InChI is InChI=1S/C25H20N4O2S/c1-17-5-6-19(23-15-29-12-13-32-25(29)28-23)14-22(17)27-24(30)18-7-9-21(10-8-18)31-16-20-4-2-3-11-26-20/h2-15H,16H2,1H3,(H,27,30). The van der Waals surface area contributed by atoms with Crippen molar-refractivity contribution < 1.29 is 9.53 Å². The minimum atomic E-state index is -0.174. The van der Waals surface area contributed by atoms with E-state index in [9.17, 15) is 4.79 Å². The number of imidazole rings is 1. The third-order valence-electron chi connectivity index (χ3n) is 5.10. The molecule has 5 aromatic rings. The second kappa shape index (κ2) is 8.64. The van der Waals surface area contributed by atoms with E-state index in [1.54, 1.807) is 41.8 Å². The molecule has 2 aromatic carbocycles. The van der Waals surface area contributed by atoms with E-state index in [2.05, 4.69) is 15.3 Å². The van der Waals surface area contributed by atoms with Crippen LogP contribution in [0.2, 0.25) is 0 Å². The number of carbonyl (C=O) groups is 1. The molecule has 1 N–H and O–H groups in total. The number of aromatic nitrogens is 3. The molecule has 1 amide bonds. The van der Waals surface area contributed by atoms with Crippen LogP contribution in [0.5, 0.6) is 5.75 Å². The van der Waals surface area contributed by atoms with Gasteiger partial charge in [0.2, 0.25) is 0 Å². The number of fused-ring (bicyclic) bond motifs is 1. The van der Waals surface area contributed by atoms with Gasteiger partial charge in [-0.25, -0.2) is 4.98 Å². The molecule has 0 bridgehead atoms. The summed E-state index contributed by atoms with van der Waals surface area (Å²) in [4.78, 5) is 22.7. The van der Waals surface area contributed by atoms with Gasteiger partial charge >= 0.3 is 0 Å². The van der Waals surface area contributed by atoms with Crippen LogP contribution in [0.25, 0.3) is 16.2 Å². The van der Waals surface area contributed by atoms with Crippen LogP contribution in [0.3, 0.4) is 0 Å². The molecule has 6 nitrogen and oxygen atoms in total. The van der Waals surface area contributed by atoms with Crippen molar-refractivity contribution in [2.24, 2.45) is 0 Å². The summed E-state index contributed by atoms with van der Waals surface area (Å²) in [6.07, 6.45) is 5.71. The van der Waals surface area contributed by atoms with Crippen molar-refractivity contribution in [1.29, 1.82) is 0 Å². The van der Waals surface area contributed by atoms with Crippen LogP contribution in [-0.2, 0) is 6.61 Å². The van der Waals surface area contributed by atoms with E-state index >= 15 is 0 Å². The molecule has 3 heterocycles. The molecule has 0 fully saturated rings. The van der Waals surface area contributed by atoms with Crippen LogP contribution in [0.1, 0.15) is 21.6 Å². The van der Waals surface area contributed by atoms with E-state index in [1.807, 2.05) is 65.5 Å². The molecule has 0 aliphatic carbocycles. The minimum Gasteiger partial charge on any atom is -0.487 e. The summed E-state index contributed by atoms with van der Waals surface area (Å²) >= 11 is 1.59. The third-order valence-corrected chi connectivity index (χ3v) is 5.87. The molecule has 0 spiro atoms. The number of ether oxygens (including phenoxy) is 1. The first-order chi connectivity index (χ1) is 15.7. The van der Waals surface area contributed by atoms with E-state index < -0.39 is 0 Å². The van der Waals surface area contributed by atoms with Crippen LogP contribution in [0.4, 0.5) is 5.69 Å². The largest absolute Gasteiger partial charge is 0.487 e. The van der Waals surface area contributed by atoms with Crippen molar-refractivity contribution in [3.05, 3.63) is 101 Å². The third kappa shape index (κ3) is 4.24. The Bertz CT molecular complexity index is 1350. The highest BCUT2D eigenvalue weighted by Crippen LogP contribution is 2.27. The van der Waals surface area contributed by atoms with Gasteiger partial charge in [-0.15, -0.1) is 11.3 Å². The maximum Gasteiger partial charge on any atom is 0.255 e. The number of nitrogens with zero attached hydrogens (tertiary/aromatic N) is 3. The maximum absolute atomic E-state index is 12.8. The maximum atomic E-state index is 12.8. The molecule has 0 unspecified atom stereocenters. The SMILES string of the molecule is Cc1ccc(-c2cn3ccsc3n2)cc1NC(=O)c1ccc(OCc2ccccn2)cc1. The van der Waals surface area contributed by atoms with Gasteiger partial charge in [0.25, 0.3) is 5.91 Å². The number of hydrogen-bond acceptors (Lipinski definition) is 5. The summed E-state index contributed by atoms with van der Waals surface area (Å²) < 4.78 is 7.74. The first-order valence-corrected chi connectivity index (χ1v) is 11.0. The van der Waals surface area contributed by atoms with E-state index in [0.717, 1.165) is 33.2 Å². The molecule has 158 valence electrons. The minimum absolute atomic E-state index is 0.174. The van der Waals surface area contributed by atoms with E-state index in [1.165, 1.54) is 0 Å². The number of carbonyl (C=O) groups excluding carboxylic acids is 1. The Labute approximate surface area is 189 Å². The first-order valence-electron chi connectivity index (χ1n) is 10.1. The molecule has 32 heavy (non-hydrogen) atoms. The zero-order valence-electron chi connectivity index (χ0n) is 17.4. The Kier molecular flexibility index (Phi) is 5.39. The molecule has 0 radical (unpaired) electrons. The van der Waals surface area contributed by atoms with Crippen LogP contribution < -0.4 is 10.1 Å². The average molecular weight is 441 g/mol. The molecule has 0 saturated heterocycles. The monoisotopic (exact) mass is 440 g/mol. The molecule has 7 heteroatoms. The normalized spacial score (nSPS) is 10.9. The number of aryl methyl sites for hydroxylation is 1. The highest BCUT2D eigenvalue weighted by atomic mass is 32.1. The van der Waals surface area contributed by atoms with Crippen molar-refractivity contribution in [3.8, 4) is 17.0 Å². The summed E-state index contributed by atoms with van der Waals surface area (Å²) in [7, 11) is 0. The molecule has 0 aliphatic rings. The summed E-state index contributed by atoms with van der Waals surface area (Å²) in [5, 5.41) is 5.02. The summed E-state index contributed by atoms with van der Waals surface area (Å²) in [5.41, 5.74) is 4.99.